The minimum absolute atomic E-state index is 0.0995. The molecule has 0 unspecified atom stereocenters. The summed E-state index contributed by atoms with van der Waals surface area (Å²) in [5, 5.41) is 2.00. The zero-order valence-corrected chi connectivity index (χ0v) is 19.6. The number of nitrogens with two attached hydrogens (primary N) is 2. The Morgan fingerprint density at radius 1 is 1.16 bits per heavy atom. The van der Waals surface area contributed by atoms with Crippen molar-refractivity contribution in [3.8, 4) is 11.3 Å². The molecular weight excluding hydrogens is 484 g/mol. The van der Waals surface area contributed by atoms with Gasteiger partial charge in [-0.05, 0) is 35.7 Å². The van der Waals surface area contributed by atoms with Gasteiger partial charge in [0.15, 0.2) is 5.96 Å². The third kappa shape index (κ3) is 4.03. The standard InChI is InChI=1S/C24H21BrN6S/c25-15-6-8-16-14(11-15)5-7-18(16)22-23(32-10-9-28-24(26)27)31-21(13-30-22)19-12-29-20-4-2-1-3-17(19)20/h1-4,6-8,11-13,29H,5,9-10H2,(H4,26,27,28). The summed E-state index contributed by atoms with van der Waals surface area (Å²) in [6.07, 6.45) is 6.97. The number of guanidine groups is 1. The van der Waals surface area contributed by atoms with Crippen LogP contribution in [-0.4, -0.2) is 33.2 Å². The van der Waals surface area contributed by atoms with Gasteiger partial charge in [-0.3, -0.25) is 9.98 Å². The molecule has 32 heavy (non-hydrogen) atoms. The van der Waals surface area contributed by atoms with Crippen LogP contribution >= 0.6 is 27.7 Å². The van der Waals surface area contributed by atoms with E-state index in [1.54, 1.807) is 11.8 Å². The molecule has 0 saturated carbocycles. The Morgan fingerprint density at radius 3 is 2.91 bits per heavy atom. The first-order chi connectivity index (χ1) is 15.6. The highest BCUT2D eigenvalue weighted by Crippen LogP contribution is 2.38. The topological polar surface area (TPSA) is 106 Å². The summed E-state index contributed by atoms with van der Waals surface area (Å²) >= 11 is 5.19. The Labute approximate surface area is 198 Å². The summed E-state index contributed by atoms with van der Waals surface area (Å²) in [7, 11) is 0. The molecule has 1 aliphatic carbocycles. The van der Waals surface area contributed by atoms with Crippen molar-refractivity contribution in [2.24, 2.45) is 16.5 Å². The molecule has 2 heterocycles. The Morgan fingerprint density at radius 2 is 2.03 bits per heavy atom. The van der Waals surface area contributed by atoms with Crippen LogP contribution in [0.4, 0.5) is 0 Å². The number of benzene rings is 2. The highest BCUT2D eigenvalue weighted by molar-refractivity contribution is 9.10. The maximum absolute atomic E-state index is 5.48. The van der Waals surface area contributed by atoms with E-state index in [0.29, 0.717) is 12.3 Å². The van der Waals surface area contributed by atoms with Crippen LogP contribution in [0.3, 0.4) is 0 Å². The highest BCUT2D eigenvalue weighted by atomic mass is 79.9. The molecular formula is C24H21BrN6S. The van der Waals surface area contributed by atoms with Gasteiger partial charge in [0.25, 0.3) is 0 Å². The van der Waals surface area contributed by atoms with E-state index in [0.717, 1.165) is 49.3 Å². The predicted octanol–water partition coefficient (Wildman–Crippen LogP) is 4.74. The Balaban J connectivity index is 1.56. The number of nitrogens with zero attached hydrogens (tertiary/aromatic N) is 3. The van der Waals surface area contributed by atoms with Gasteiger partial charge in [0.05, 0.1) is 18.4 Å². The number of aromatic amines is 1. The van der Waals surface area contributed by atoms with E-state index in [9.17, 15) is 0 Å². The van der Waals surface area contributed by atoms with Crippen LogP contribution in [0, 0.1) is 0 Å². The average molecular weight is 505 g/mol. The number of aromatic nitrogens is 3. The van der Waals surface area contributed by atoms with Crippen LogP contribution in [0.5, 0.6) is 0 Å². The number of halogens is 1. The monoisotopic (exact) mass is 504 g/mol. The molecule has 2 aromatic heterocycles. The number of rotatable bonds is 6. The lowest BCUT2D eigenvalue weighted by atomic mass is 10.0. The van der Waals surface area contributed by atoms with Crippen LogP contribution in [0.15, 0.2) is 75.4 Å². The Kier molecular flexibility index (Phi) is 5.71. The van der Waals surface area contributed by atoms with Gasteiger partial charge in [-0.2, -0.15) is 0 Å². The lowest BCUT2D eigenvalue weighted by Crippen LogP contribution is -2.23. The van der Waals surface area contributed by atoms with Gasteiger partial charge < -0.3 is 16.5 Å². The number of allylic oxidation sites excluding steroid dienone is 1. The first kappa shape index (κ1) is 20.8. The van der Waals surface area contributed by atoms with Crippen LogP contribution in [0.2, 0.25) is 0 Å². The van der Waals surface area contributed by atoms with Gasteiger partial charge in [0, 0.05) is 38.5 Å². The molecule has 0 amide bonds. The molecule has 8 heteroatoms. The molecule has 5 rings (SSSR count). The number of thioether (sulfide) groups is 1. The van der Waals surface area contributed by atoms with Crippen LogP contribution < -0.4 is 11.5 Å². The summed E-state index contributed by atoms with van der Waals surface area (Å²) < 4.78 is 1.08. The summed E-state index contributed by atoms with van der Waals surface area (Å²) in [4.78, 5) is 17.4. The summed E-state index contributed by atoms with van der Waals surface area (Å²) in [6, 6.07) is 14.6. The zero-order chi connectivity index (χ0) is 22.1. The lowest BCUT2D eigenvalue weighted by Gasteiger charge is -2.12. The molecule has 0 aliphatic heterocycles. The number of fused-ring (bicyclic) bond motifs is 2. The van der Waals surface area contributed by atoms with E-state index >= 15 is 0 Å². The van der Waals surface area contributed by atoms with E-state index in [4.69, 9.17) is 21.4 Å². The van der Waals surface area contributed by atoms with Crippen molar-refractivity contribution in [3.63, 3.8) is 0 Å². The summed E-state index contributed by atoms with van der Waals surface area (Å²) in [5.41, 5.74) is 18.4. The van der Waals surface area contributed by atoms with Gasteiger partial charge in [-0.1, -0.05) is 46.3 Å². The zero-order valence-electron chi connectivity index (χ0n) is 17.2. The number of aliphatic imine (C=N–C) groups is 1. The van der Waals surface area contributed by atoms with Crippen molar-refractivity contribution >= 4 is 50.1 Å². The maximum Gasteiger partial charge on any atom is 0.185 e. The fourth-order valence-electron chi connectivity index (χ4n) is 3.93. The van der Waals surface area contributed by atoms with E-state index in [-0.39, 0.29) is 5.96 Å². The molecule has 6 nitrogen and oxygen atoms in total. The molecule has 0 atom stereocenters. The minimum atomic E-state index is 0.0995. The second-order valence-electron chi connectivity index (χ2n) is 7.44. The first-order valence-electron chi connectivity index (χ1n) is 10.2. The third-order valence-electron chi connectivity index (χ3n) is 5.37. The molecule has 0 radical (unpaired) electrons. The maximum atomic E-state index is 5.48. The smallest absolute Gasteiger partial charge is 0.185 e. The summed E-state index contributed by atoms with van der Waals surface area (Å²) in [6.45, 7) is 0.522. The number of hydrogen-bond donors (Lipinski definition) is 3. The lowest BCUT2D eigenvalue weighted by molar-refractivity contribution is 1.03. The third-order valence-corrected chi connectivity index (χ3v) is 6.81. The van der Waals surface area contributed by atoms with E-state index in [1.165, 1.54) is 11.1 Å². The number of hydrogen-bond acceptors (Lipinski definition) is 4. The van der Waals surface area contributed by atoms with E-state index in [2.05, 4.69) is 62.3 Å². The van der Waals surface area contributed by atoms with Crippen molar-refractivity contribution in [2.75, 3.05) is 12.3 Å². The molecule has 0 spiro atoms. The fraction of sp³-hybridized carbons (Fsp3) is 0.125. The molecule has 0 fully saturated rings. The fourth-order valence-corrected chi connectivity index (χ4v) is 5.17. The van der Waals surface area contributed by atoms with Crippen molar-refractivity contribution in [3.05, 3.63) is 82.2 Å². The normalized spacial score (nSPS) is 12.6. The molecule has 5 N–H and O–H groups in total. The van der Waals surface area contributed by atoms with Gasteiger partial charge in [0.2, 0.25) is 0 Å². The number of para-hydroxylation sites is 1. The molecule has 2 aromatic carbocycles. The highest BCUT2D eigenvalue weighted by Gasteiger charge is 2.21. The van der Waals surface area contributed by atoms with E-state index in [1.807, 2.05) is 24.5 Å². The largest absolute Gasteiger partial charge is 0.370 e. The molecule has 0 bridgehead atoms. The Bertz CT molecular complexity index is 1370. The van der Waals surface area contributed by atoms with Crippen molar-refractivity contribution < 1.29 is 0 Å². The molecule has 0 saturated heterocycles. The van der Waals surface area contributed by atoms with E-state index < -0.39 is 0 Å². The van der Waals surface area contributed by atoms with Gasteiger partial charge in [-0.25, -0.2) is 4.98 Å². The van der Waals surface area contributed by atoms with Gasteiger partial charge >= 0.3 is 0 Å². The molecule has 4 aromatic rings. The molecule has 160 valence electrons. The quantitative estimate of drug-likeness (QED) is 0.152. The SMILES string of the molecule is NC(N)=NCCSc1nc(-c2c[nH]c3ccccc23)cnc1C1=CCc2cc(Br)ccc21. The van der Waals surface area contributed by atoms with Gasteiger partial charge in [0.1, 0.15) is 10.7 Å². The second kappa shape index (κ2) is 8.80. The second-order valence-corrected chi connectivity index (χ2v) is 9.43. The van der Waals surface area contributed by atoms with Crippen molar-refractivity contribution in [1.82, 2.24) is 15.0 Å². The average Bonchev–Trinajstić information content (AvgIpc) is 3.40. The van der Waals surface area contributed by atoms with Crippen molar-refractivity contribution in [2.45, 2.75) is 11.4 Å². The predicted molar refractivity (Wildman–Crippen MR) is 136 cm³/mol. The number of H-pyrrole nitrogens is 1. The van der Waals surface area contributed by atoms with Gasteiger partial charge in [-0.15, -0.1) is 11.8 Å². The first-order valence-corrected chi connectivity index (χ1v) is 12.0. The van der Waals surface area contributed by atoms with Crippen LogP contribution in [0.1, 0.15) is 16.8 Å². The summed E-state index contributed by atoms with van der Waals surface area (Å²) in [5.74, 6) is 0.805. The minimum Gasteiger partial charge on any atom is -0.370 e. The number of nitrogens with one attached hydrogen (secondary N) is 1. The van der Waals surface area contributed by atoms with Crippen LogP contribution in [0.25, 0.3) is 27.7 Å². The Hall–Kier alpha value is -3.10. The van der Waals surface area contributed by atoms with Crippen molar-refractivity contribution in [1.29, 1.82) is 0 Å². The molecule has 1 aliphatic rings. The van der Waals surface area contributed by atoms with Crippen LogP contribution in [-0.2, 0) is 6.42 Å².